The molecule has 0 saturated carbocycles. The van der Waals surface area contributed by atoms with Crippen molar-refractivity contribution in [2.45, 2.75) is 20.3 Å². The highest BCUT2D eigenvalue weighted by Gasteiger charge is 2.31. The second kappa shape index (κ2) is 7.78. The van der Waals surface area contributed by atoms with E-state index in [0.717, 1.165) is 11.3 Å². The number of fused-ring (bicyclic) bond motifs is 1. The number of hydrogen-bond donors (Lipinski definition) is 1. The van der Waals surface area contributed by atoms with Gasteiger partial charge in [-0.2, -0.15) is 5.10 Å². The van der Waals surface area contributed by atoms with Crippen LogP contribution in [0.15, 0.2) is 34.0 Å². The average Bonchev–Trinajstić information content (AvgIpc) is 3.09. The van der Waals surface area contributed by atoms with Gasteiger partial charge in [0.2, 0.25) is 0 Å². The van der Waals surface area contributed by atoms with Gasteiger partial charge in [0.15, 0.2) is 0 Å². The van der Waals surface area contributed by atoms with Gasteiger partial charge in [0.1, 0.15) is 0 Å². The van der Waals surface area contributed by atoms with Crippen molar-refractivity contribution in [2.24, 2.45) is 7.05 Å². The second-order valence-electron chi connectivity index (χ2n) is 6.50. The maximum Gasteiger partial charge on any atom is 0.444 e. The van der Waals surface area contributed by atoms with Gasteiger partial charge >= 0.3 is 11.8 Å². The van der Waals surface area contributed by atoms with Gasteiger partial charge in [-0.15, -0.1) is 4.68 Å². The SMILES string of the molecule is CCOC(=O)N(n1c(=O)[nH]c2cc(CC)c(-c3ccnn3C)cc2c1=O)S(C)(=O)=O. The molecular formula is C18H21N5O6S. The molecule has 0 fully saturated rings. The number of carbonyl (C=O) groups is 1. The van der Waals surface area contributed by atoms with E-state index in [-0.39, 0.29) is 26.6 Å². The van der Waals surface area contributed by atoms with Crippen molar-refractivity contribution in [3.05, 3.63) is 50.8 Å². The Labute approximate surface area is 171 Å². The zero-order chi connectivity index (χ0) is 22.2. The number of amides is 1. The van der Waals surface area contributed by atoms with E-state index in [1.54, 1.807) is 36.1 Å². The van der Waals surface area contributed by atoms with Crippen molar-refractivity contribution >= 4 is 27.0 Å². The summed E-state index contributed by atoms with van der Waals surface area (Å²) in [7, 11) is -2.59. The fourth-order valence-corrected chi connectivity index (χ4v) is 3.95. The summed E-state index contributed by atoms with van der Waals surface area (Å²) < 4.78 is 31.0. The second-order valence-corrected chi connectivity index (χ2v) is 8.31. The molecule has 1 amide bonds. The molecule has 0 spiro atoms. The third kappa shape index (κ3) is 3.61. The van der Waals surface area contributed by atoms with Gasteiger partial charge in [0, 0.05) is 18.8 Å². The lowest BCUT2D eigenvalue weighted by atomic mass is 10.00. The molecule has 0 aliphatic heterocycles. The highest BCUT2D eigenvalue weighted by atomic mass is 32.2. The molecule has 12 heteroatoms. The van der Waals surface area contributed by atoms with Crippen LogP contribution in [-0.2, 0) is 28.2 Å². The minimum atomic E-state index is -4.34. The summed E-state index contributed by atoms with van der Waals surface area (Å²) >= 11 is 0. The predicted molar refractivity (Wildman–Crippen MR) is 110 cm³/mol. The van der Waals surface area contributed by atoms with E-state index in [1.807, 2.05) is 6.92 Å². The number of rotatable bonds is 5. The summed E-state index contributed by atoms with van der Waals surface area (Å²) in [5.74, 6) is 0. The highest BCUT2D eigenvalue weighted by Crippen LogP contribution is 2.26. The Hall–Kier alpha value is -3.41. The van der Waals surface area contributed by atoms with Crippen molar-refractivity contribution < 1.29 is 17.9 Å². The molecule has 0 atom stereocenters. The molecule has 2 aromatic heterocycles. The Morgan fingerprint density at radius 2 is 1.97 bits per heavy atom. The van der Waals surface area contributed by atoms with Crippen LogP contribution in [0, 0.1) is 0 Å². The lowest BCUT2D eigenvalue weighted by molar-refractivity contribution is 0.158. The van der Waals surface area contributed by atoms with Gasteiger partial charge < -0.3 is 9.72 Å². The molecule has 160 valence electrons. The summed E-state index contributed by atoms with van der Waals surface area (Å²) in [5.41, 5.74) is 0.448. The van der Waals surface area contributed by atoms with Crippen molar-refractivity contribution in [3.8, 4) is 11.3 Å². The summed E-state index contributed by atoms with van der Waals surface area (Å²) in [6.45, 7) is 3.25. The van der Waals surface area contributed by atoms with E-state index in [9.17, 15) is 22.8 Å². The Kier molecular flexibility index (Phi) is 5.53. The summed E-state index contributed by atoms with van der Waals surface area (Å²) in [6.07, 6.45) is 1.56. The molecule has 2 heterocycles. The van der Waals surface area contributed by atoms with E-state index in [0.29, 0.717) is 18.2 Å². The number of nitrogens with zero attached hydrogens (tertiary/aromatic N) is 4. The van der Waals surface area contributed by atoms with Crippen LogP contribution < -0.4 is 15.7 Å². The normalized spacial score (nSPS) is 11.6. The number of aromatic nitrogens is 4. The molecule has 1 aromatic carbocycles. The Balaban J connectivity index is 2.38. The molecule has 3 aromatic rings. The van der Waals surface area contributed by atoms with Crippen LogP contribution in [0.3, 0.4) is 0 Å². The first kappa shape index (κ1) is 21.3. The van der Waals surface area contributed by atoms with Gasteiger partial charge in [-0.25, -0.2) is 18.0 Å². The molecule has 3 rings (SSSR count). The first-order chi connectivity index (χ1) is 14.1. The number of ether oxygens (including phenoxy) is 1. The predicted octanol–water partition coefficient (Wildman–Crippen LogP) is 0.707. The Bertz CT molecular complexity index is 1350. The van der Waals surface area contributed by atoms with Gasteiger partial charge in [-0.05, 0) is 37.1 Å². The van der Waals surface area contributed by atoms with Gasteiger partial charge in [0.05, 0.1) is 29.5 Å². The molecule has 1 N–H and O–H groups in total. The third-order valence-corrected chi connectivity index (χ3v) is 5.44. The van der Waals surface area contributed by atoms with Crippen LogP contribution in [-0.4, -0.2) is 46.8 Å². The van der Waals surface area contributed by atoms with E-state index in [1.165, 1.54) is 6.92 Å². The molecule has 30 heavy (non-hydrogen) atoms. The molecule has 11 nitrogen and oxygen atoms in total. The minimum absolute atomic E-state index is 0.0224. The lowest BCUT2D eigenvalue weighted by Gasteiger charge is -2.20. The number of H-pyrrole nitrogens is 1. The number of hydrogen-bond acceptors (Lipinski definition) is 7. The molecule has 0 radical (unpaired) electrons. The van der Waals surface area contributed by atoms with Crippen LogP contribution in [0.1, 0.15) is 19.4 Å². The molecule has 0 unspecified atom stereocenters. The van der Waals surface area contributed by atoms with E-state index < -0.39 is 27.4 Å². The smallest absolute Gasteiger partial charge is 0.444 e. The molecular weight excluding hydrogens is 414 g/mol. The van der Waals surface area contributed by atoms with E-state index in [4.69, 9.17) is 4.74 Å². The van der Waals surface area contributed by atoms with Crippen molar-refractivity contribution in [1.29, 1.82) is 0 Å². The van der Waals surface area contributed by atoms with Crippen LogP contribution in [0.2, 0.25) is 0 Å². The van der Waals surface area contributed by atoms with E-state index in [2.05, 4.69) is 10.1 Å². The topological polar surface area (TPSA) is 136 Å². The van der Waals surface area contributed by atoms with Crippen molar-refractivity contribution in [3.63, 3.8) is 0 Å². The fourth-order valence-electron chi connectivity index (χ4n) is 3.18. The molecule has 0 aliphatic rings. The first-order valence-corrected chi connectivity index (χ1v) is 10.9. The standard InChI is InChI=1S/C18H21N5O6S/c1-5-11-9-14-13(10-12(11)15-7-8-19-21(15)3)16(24)22(17(25)20-14)23(30(4,27)28)18(26)29-6-2/h7-10H,5-6H2,1-4H3,(H,20,25). The van der Waals surface area contributed by atoms with Crippen LogP contribution in [0.4, 0.5) is 4.79 Å². The molecule has 0 saturated heterocycles. The maximum absolute atomic E-state index is 13.2. The third-order valence-electron chi connectivity index (χ3n) is 4.50. The summed E-state index contributed by atoms with van der Waals surface area (Å²) in [6, 6.07) is 4.97. The van der Waals surface area contributed by atoms with Gasteiger partial charge in [-0.1, -0.05) is 11.3 Å². The van der Waals surface area contributed by atoms with Gasteiger partial charge in [0.25, 0.3) is 15.6 Å². The largest absolute Gasteiger partial charge is 0.448 e. The zero-order valence-corrected chi connectivity index (χ0v) is 17.7. The van der Waals surface area contributed by atoms with Gasteiger partial charge in [-0.3, -0.25) is 9.48 Å². The number of aromatic amines is 1. The number of carbonyl (C=O) groups excluding carboxylic acids is 1. The minimum Gasteiger partial charge on any atom is -0.448 e. The number of nitrogens with one attached hydrogen (secondary N) is 1. The zero-order valence-electron chi connectivity index (χ0n) is 16.9. The average molecular weight is 435 g/mol. The quantitative estimate of drug-likeness (QED) is 0.623. The van der Waals surface area contributed by atoms with Crippen molar-refractivity contribution in [2.75, 3.05) is 17.3 Å². The van der Waals surface area contributed by atoms with Crippen LogP contribution in [0.5, 0.6) is 0 Å². The van der Waals surface area contributed by atoms with E-state index >= 15 is 0 Å². The summed E-state index contributed by atoms with van der Waals surface area (Å²) in [4.78, 5) is 40.5. The summed E-state index contributed by atoms with van der Waals surface area (Å²) in [5, 5.41) is 4.16. The van der Waals surface area contributed by atoms with Crippen LogP contribution >= 0.6 is 0 Å². The lowest BCUT2D eigenvalue weighted by Crippen LogP contribution is -2.56. The molecule has 0 aliphatic carbocycles. The number of sulfonamides is 1. The number of aryl methyl sites for hydroxylation is 2. The van der Waals surface area contributed by atoms with Crippen LogP contribution in [0.25, 0.3) is 22.2 Å². The molecule has 0 bridgehead atoms. The maximum atomic E-state index is 13.2. The first-order valence-electron chi connectivity index (χ1n) is 9.07. The fraction of sp³-hybridized carbons (Fsp3) is 0.333. The monoisotopic (exact) mass is 435 g/mol. The Morgan fingerprint density at radius 3 is 2.50 bits per heavy atom. The Morgan fingerprint density at radius 1 is 1.27 bits per heavy atom. The number of benzene rings is 1. The van der Waals surface area contributed by atoms with Crippen molar-refractivity contribution in [1.82, 2.24) is 19.4 Å². The highest BCUT2D eigenvalue weighted by molar-refractivity contribution is 7.92.